The van der Waals surface area contributed by atoms with Gasteiger partial charge in [0.15, 0.2) is 0 Å². The van der Waals surface area contributed by atoms with Crippen LogP contribution in [0.5, 0.6) is 0 Å². The number of nitrogens with zero attached hydrogens (tertiary/aromatic N) is 1. The highest BCUT2D eigenvalue weighted by atomic mass is 32.3. The minimum atomic E-state index is -2.40. The minimum Gasteiger partial charge on any atom is -0.378 e. The van der Waals surface area contributed by atoms with Crippen molar-refractivity contribution >= 4 is 16.0 Å². The van der Waals surface area contributed by atoms with E-state index in [-0.39, 0.29) is 0 Å². The second-order valence-corrected chi connectivity index (χ2v) is 6.52. The molecular formula is C15H17NOS. The molecule has 2 aromatic carbocycles. The van der Waals surface area contributed by atoms with Crippen molar-refractivity contribution in [1.82, 2.24) is 0 Å². The number of benzene rings is 2. The third kappa shape index (κ3) is 2.52. The maximum Gasteiger partial charge on any atom is 0.0470 e. The Hall–Kier alpha value is -1.45. The predicted octanol–water partition coefficient (Wildman–Crippen LogP) is 4.12. The van der Waals surface area contributed by atoms with Crippen LogP contribution in [0.15, 0.2) is 64.4 Å². The van der Waals surface area contributed by atoms with Crippen LogP contribution in [-0.2, 0) is 0 Å². The minimum absolute atomic E-state index is 0.763. The quantitative estimate of drug-likeness (QED) is 0.896. The summed E-state index contributed by atoms with van der Waals surface area (Å²) in [5.41, 5.74) is 1.09. The van der Waals surface area contributed by atoms with Crippen LogP contribution in [0, 0.1) is 6.26 Å². The van der Waals surface area contributed by atoms with E-state index in [4.69, 9.17) is 6.26 Å². The lowest BCUT2D eigenvalue weighted by Crippen LogP contribution is -2.08. The third-order valence-corrected chi connectivity index (χ3v) is 4.80. The van der Waals surface area contributed by atoms with E-state index in [1.807, 2.05) is 73.6 Å². The molecule has 2 radical (unpaired) electrons. The molecule has 0 aliphatic carbocycles. The molecule has 0 saturated heterocycles. The van der Waals surface area contributed by atoms with Gasteiger partial charge in [-0.2, -0.15) is 0 Å². The second-order valence-electron chi connectivity index (χ2n) is 4.33. The average Bonchev–Trinajstić information content (AvgIpc) is 2.40. The van der Waals surface area contributed by atoms with Gasteiger partial charge in [0.1, 0.15) is 0 Å². The fraction of sp³-hybridized carbons (Fsp3) is 0.133. The normalized spacial score (nSPS) is 15.8. The molecule has 18 heavy (non-hydrogen) atoms. The molecule has 0 aliphatic heterocycles. The van der Waals surface area contributed by atoms with E-state index in [0.29, 0.717) is 0 Å². The van der Waals surface area contributed by atoms with Crippen LogP contribution in [0.1, 0.15) is 0 Å². The lowest BCUT2D eigenvalue weighted by molar-refractivity contribution is 0.633. The van der Waals surface area contributed by atoms with Crippen molar-refractivity contribution in [2.75, 3.05) is 19.0 Å². The highest BCUT2D eigenvalue weighted by molar-refractivity contribution is 8.30. The lowest BCUT2D eigenvalue weighted by atomic mass is 10.3. The first-order chi connectivity index (χ1) is 8.51. The van der Waals surface area contributed by atoms with Gasteiger partial charge in [-0.05, 0) is 36.4 Å². The number of rotatable bonds is 3. The molecule has 0 fully saturated rings. The summed E-state index contributed by atoms with van der Waals surface area (Å²) in [5, 5.41) is 0. The summed E-state index contributed by atoms with van der Waals surface area (Å²) in [6, 6.07) is 17.1. The molecule has 1 N–H and O–H groups in total. The van der Waals surface area contributed by atoms with Gasteiger partial charge in [0.25, 0.3) is 0 Å². The molecule has 0 saturated carbocycles. The zero-order chi connectivity index (χ0) is 13.2. The van der Waals surface area contributed by atoms with E-state index < -0.39 is 10.3 Å². The van der Waals surface area contributed by atoms with Gasteiger partial charge >= 0.3 is 0 Å². The molecule has 94 valence electrons. The molecular weight excluding hydrogens is 242 g/mol. The summed E-state index contributed by atoms with van der Waals surface area (Å²) >= 11 is 0. The Kier molecular flexibility index (Phi) is 3.64. The molecule has 0 spiro atoms. The second kappa shape index (κ2) is 5.04. The van der Waals surface area contributed by atoms with Gasteiger partial charge < -0.3 is 9.45 Å². The highest BCUT2D eigenvalue weighted by Crippen LogP contribution is 2.57. The molecule has 2 rings (SSSR count). The zero-order valence-electron chi connectivity index (χ0n) is 10.6. The summed E-state index contributed by atoms with van der Waals surface area (Å²) in [7, 11) is 1.56. The van der Waals surface area contributed by atoms with Gasteiger partial charge in [-0.3, -0.25) is 0 Å². The van der Waals surface area contributed by atoms with Crippen LogP contribution in [0.4, 0.5) is 5.69 Å². The average molecular weight is 259 g/mol. The number of hydrogen-bond donors (Lipinski definition) is 1. The van der Waals surface area contributed by atoms with Gasteiger partial charge in [0.2, 0.25) is 0 Å². The van der Waals surface area contributed by atoms with Crippen LogP contribution in [0.25, 0.3) is 0 Å². The SMILES string of the molecule is [CH]S(O)(c1ccccc1)c1ccc(N(C)C)cc1. The van der Waals surface area contributed by atoms with Crippen molar-refractivity contribution in [3.8, 4) is 0 Å². The maximum absolute atomic E-state index is 10.5. The molecule has 2 aromatic rings. The Bertz CT molecular complexity index is 506. The van der Waals surface area contributed by atoms with E-state index in [2.05, 4.69) is 0 Å². The first-order valence-corrected chi connectivity index (χ1v) is 7.33. The van der Waals surface area contributed by atoms with Crippen LogP contribution in [0.2, 0.25) is 0 Å². The molecule has 3 heteroatoms. The van der Waals surface area contributed by atoms with Gasteiger partial charge in [0.05, 0.1) is 0 Å². The van der Waals surface area contributed by atoms with E-state index in [1.165, 1.54) is 0 Å². The predicted molar refractivity (Wildman–Crippen MR) is 78.3 cm³/mol. The Morgan fingerprint density at radius 3 is 1.89 bits per heavy atom. The van der Waals surface area contributed by atoms with Gasteiger partial charge in [0, 0.05) is 35.8 Å². The summed E-state index contributed by atoms with van der Waals surface area (Å²) in [4.78, 5) is 3.54. The van der Waals surface area contributed by atoms with Crippen molar-refractivity contribution < 1.29 is 4.55 Å². The van der Waals surface area contributed by atoms with Gasteiger partial charge in [-0.1, -0.05) is 28.5 Å². The van der Waals surface area contributed by atoms with Crippen molar-refractivity contribution in [3.63, 3.8) is 0 Å². The molecule has 0 aliphatic rings. The van der Waals surface area contributed by atoms with Crippen LogP contribution < -0.4 is 4.90 Å². The highest BCUT2D eigenvalue weighted by Gasteiger charge is 2.20. The topological polar surface area (TPSA) is 23.5 Å². The fourth-order valence-corrected chi connectivity index (χ4v) is 3.11. The largest absolute Gasteiger partial charge is 0.378 e. The molecule has 0 amide bonds. The Balaban J connectivity index is 2.36. The first kappa shape index (κ1) is 13.0. The maximum atomic E-state index is 10.5. The summed E-state index contributed by atoms with van der Waals surface area (Å²) in [6.45, 7) is 0. The van der Waals surface area contributed by atoms with E-state index in [0.717, 1.165) is 15.5 Å². The Morgan fingerprint density at radius 2 is 1.39 bits per heavy atom. The Labute approximate surface area is 110 Å². The Morgan fingerprint density at radius 1 is 0.889 bits per heavy atom. The lowest BCUT2D eigenvalue weighted by Gasteiger charge is -2.29. The van der Waals surface area contributed by atoms with Crippen LogP contribution >= 0.6 is 10.3 Å². The summed E-state index contributed by atoms with van der Waals surface area (Å²) in [6.07, 6.45) is 6.11. The summed E-state index contributed by atoms with van der Waals surface area (Å²) < 4.78 is 10.5. The molecule has 1 unspecified atom stereocenters. The van der Waals surface area contributed by atoms with Crippen LogP contribution in [0.3, 0.4) is 0 Å². The first-order valence-electron chi connectivity index (χ1n) is 5.68. The van der Waals surface area contributed by atoms with E-state index in [9.17, 15) is 4.55 Å². The smallest absolute Gasteiger partial charge is 0.0470 e. The van der Waals surface area contributed by atoms with Crippen molar-refractivity contribution in [2.45, 2.75) is 9.79 Å². The molecule has 0 bridgehead atoms. The van der Waals surface area contributed by atoms with Crippen molar-refractivity contribution in [1.29, 1.82) is 0 Å². The fourth-order valence-electron chi connectivity index (χ4n) is 1.72. The van der Waals surface area contributed by atoms with E-state index >= 15 is 0 Å². The molecule has 1 atom stereocenters. The van der Waals surface area contributed by atoms with Gasteiger partial charge in [-0.15, -0.1) is 0 Å². The summed E-state index contributed by atoms with van der Waals surface area (Å²) in [5.74, 6) is 0. The van der Waals surface area contributed by atoms with E-state index in [1.54, 1.807) is 0 Å². The molecule has 0 heterocycles. The zero-order valence-corrected chi connectivity index (χ0v) is 11.4. The van der Waals surface area contributed by atoms with Gasteiger partial charge in [-0.25, -0.2) is 0 Å². The molecule has 2 nitrogen and oxygen atoms in total. The van der Waals surface area contributed by atoms with Crippen LogP contribution in [-0.4, -0.2) is 18.6 Å². The standard InChI is InChI=1S/C15H17NOS/c1-16(2)13-9-11-15(12-10-13)18(3,17)14-7-5-4-6-8-14/h3-12,17H,1-2H3. The number of anilines is 1. The number of hydrogen-bond acceptors (Lipinski definition) is 2. The molecule has 0 aromatic heterocycles. The monoisotopic (exact) mass is 259 g/mol. The van der Waals surface area contributed by atoms with Crippen molar-refractivity contribution in [3.05, 3.63) is 60.9 Å². The third-order valence-electron chi connectivity index (χ3n) is 2.82. The van der Waals surface area contributed by atoms with Crippen molar-refractivity contribution in [2.24, 2.45) is 0 Å².